The second-order valence-corrected chi connectivity index (χ2v) is 8.37. The molecule has 0 radical (unpaired) electrons. The molecule has 0 spiro atoms. The lowest BCUT2D eigenvalue weighted by Crippen LogP contribution is -2.65. The molecule has 0 aromatic rings. The van der Waals surface area contributed by atoms with E-state index in [2.05, 4.69) is 0 Å². The summed E-state index contributed by atoms with van der Waals surface area (Å²) in [6.45, 7) is -2.06. The predicted octanol–water partition coefficient (Wildman–Crippen LogP) is -7.57. The van der Waals surface area contributed by atoms with Gasteiger partial charge in [-0.25, -0.2) is 0 Å². The van der Waals surface area contributed by atoms with Crippen LogP contribution >= 0.6 is 0 Å². The van der Waals surface area contributed by atoms with E-state index in [0.29, 0.717) is 0 Å². The highest BCUT2D eigenvalue weighted by Gasteiger charge is 2.51. The molecule has 0 aliphatic carbocycles. The molecule has 16 heteroatoms. The molecule has 0 bridgehead atoms. The number of aliphatic hydroxyl groups excluding tert-OH is 11. The molecule has 0 aromatic heterocycles. The predicted molar refractivity (Wildman–Crippen MR) is 101 cm³/mol. The van der Waals surface area contributed by atoms with E-state index in [9.17, 15) is 56.2 Å². The molecule has 0 aromatic carbocycles. The van der Waals surface area contributed by atoms with Crippen molar-refractivity contribution >= 4 is 0 Å². The average Bonchev–Trinajstić information content (AvgIpc) is 2.82. The first-order chi connectivity index (χ1) is 16.0. The molecule has 15 atom stereocenters. The van der Waals surface area contributed by atoms with Gasteiger partial charge in [-0.05, 0) is 0 Å². The number of ether oxygens (including phenoxy) is 5. The van der Waals surface area contributed by atoms with Gasteiger partial charge in [-0.3, -0.25) is 0 Å². The van der Waals surface area contributed by atoms with Crippen LogP contribution in [0.4, 0.5) is 0 Å². The topological polar surface area (TPSA) is 269 Å². The maximum absolute atomic E-state index is 10.6. The summed E-state index contributed by atoms with van der Waals surface area (Å²) in [5.74, 6) is 0. The SMILES string of the molecule is OCC1OC(OCC2OC(O)C(O)C(OC3O[C@H](CO)C(O)C(O)C3O)C2O)C(O)C(O)C1O. The minimum absolute atomic E-state index is 0.609. The first-order valence-corrected chi connectivity index (χ1v) is 10.6. The zero-order chi connectivity index (χ0) is 25.3. The molecule has 34 heavy (non-hydrogen) atoms. The maximum Gasteiger partial charge on any atom is 0.187 e. The molecule has 11 N–H and O–H groups in total. The third-order valence-electron chi connectivity index (χ3n) is 6.07. The van der Waals surface area contributed by atoms with Gasteiger partial charge in [0.15, 0.2) is 18.9 Å². The first-order valence-electron chi connectivity index (χ1n) is 10.6. The summed E-state index contributed by atoms with van der Waals surface area (Å²) in [4.78, 5) is 0. The fourth-order valence-corrected chi connectivity index (χ4v) is 3.94. The summed E-state index contributed by atoms with van der Waals surface area (Å²) >= 11 is 0. The van der Waals surface area contributed by atoms with Crippen LogP contribution in [0.3, 0.4) is 0 Å². The fourth-order valence-electron chi connectivity index (χ4n) is 3.94. The summed E-state index contributed by atoms with van der Waals surface area (Å²) in [6.07, 6.45) is -24.9. The molecular weight excluding hydrogens is 472 g/mol. The molecule has 0 saturated carbocycles. The zero-order valence-corrected chi connectivity index (χ0v) is 17.7. The molecule has 16 nitrogen and oxygen atoms in total. The Bertz CT molecular complexity index is 637. The minimum atomic E-state index is -1.93. The molecule has 3 aliphatic rings. The Morgan fingerprint density at radius 3 is 1.53 bits per heavy atom. The quantitative estimate of drug-likeness (QED) is 0.154. The number of rotatable bonds is 7. The van der Waals surface area contributed by atoms with Crippen molar-refractivity contribution in [3.63, 3.8) is 0 Å². The monoisotopic (exact) mass is 504 g/mol. The van der Waals surface area contributed by atoms with Crippen LogP contribution in [-0.2, 0) is 23.7 Å². The van der Waals surface area contributed by atoms with E-state index in [1.807, 2.05) is 0 Å². The van der Waals surface area contributed by atoms with Crippen molar-refractivity contribution in [3.05, 3.63) is 0 Å². The fraction of sp³-hybridized carbons (Fsp3) is 1.00. The van der Waals surface area contributed by atoms with Crippen LogP contribution in [0.1, 0.15) is 0 Å². The second kappa shape index (κ2) is 11.6. The molecule has 3 fully saturated rings. The molecule has 0 amide bonds. The Labute approximate surface area is 192 Å². The first kappa shape index (κ1) is 27.9. The van der Waals surface area contributed by atoms with Gasteiger partial charge in [0.05, 0.1) is 19.8 Å². The highest BCUT2D eigenvalue weighted by Crippen LogP contribution is 2.29. The Hall–Kier alpha value is -0.640. The van der Waals surface area contributed by atoms with E-state index in [1.54, 1.807) is 0 Å². The van der Waals surface area contributed by atoms with Crippen LogP contribution in [0.15, 0.2) is 0 Å². The average molecular weight is 504 g/mol. The summed E-state index contributed by atoms with van der Waals surface area (Å²) in [5.41, 5.74) is 0. The molecular formula is C18H32O16. The summed E-state index contributed by atoms with van der Waals surface area (Å²) in [7, 11) is 0. The van der Waals surface area contributed by atoms with Gasteiger partial charge in [-0.15, -0.1) is 0 Å². The largest absolute Gasteiger partial charge is 0.394 e. The van der Waals surface area contributed by atoms with E-state index in [4.69, 9.17) is 23.7 Å². The van der Waals surface area contributed by atoms with Crippen molar-refractivity contribution in [3.8, 4) is 0 Å². The van der Waals surface area contributed by atoms with Crippen LogP contribution in [0.25, 0.3) is 0 Å². The van der Waals surface area contributed by atoms with E-state index in [-0.39, 0.29) is 0 Å². The minimum Gasteiger partial charge on any atom is -0.394 e. The molecule has 3 saturated heterocycles. The van der Waals surface area contributed by atoms with Crippen molar-refractivity contribution in [1.29, 1.82) is 0 Å². The Kier molecular flexibility index (Phi) is 9.54. The van der Waals surface area contributed by atoms with E-state index < -0.39 is 112 Å². The van der Waals surface area contributed by atoms with Crippen molar-refractivity contribution < 1.29 is 79.9 Å². The zero-order valence-electron chi connectivity index (χ0n) is 17.7. The van der Waals surface area contributed by atoms with Gasteiger partial charge >= 0.3 is 0 Å². The van der Waals surface area contributed by atoms with Crippen molar-refractivity contribution in [2.75, 3.05) is 19.8 Å². The van der Waals surface area contributed by atoms with Gasteiger partial charge in [0.25, 0.3) is 0 Å². The Morgan fingerprint density at radius 2 is 1.00 bits per heavy atom. The summed E-state index contributed by atoms with van der Waals surface area (Å²) < 4.78 is 26.1. The maximum atomic E-state index is 10.6. The normalized spacial score (nSPS) is 52.5. The summed E-state index contributed by atoms with van der Waals surface area (Å²) in [6, 6.07) is 0. The van der Waals surface area contributed by atoms with Gasteiger partial charge in [-0.2, -0.15) is 0 Å². The van der Waals surface area contributed by atoms with Crippen LogP contribution in [-0.4, -0.2) is 168 Å². The molecule has 14 unspecified atom stereocenters. The highest BCUT2D eigenvalue weighted by atomic mass is 16.7. The third kappa shape index (κ3) is 5.52. The molecule has 3 aliphatic heterocycles. The smallest absolute Gasteiger partial charge is 0.187 e. The van der Waals surface area contributed by atoms with Crippen LogP contribution in [0.5, 0.6) is 0 Å². The van der Waals surface area contributed by atoms with Gasteiger partial charge in [0.1, 0.15) is 73.2 Å². The lowest BCUT2D eigenvalue weighted by atomic mass is 9.97. The number of hydrogen-bond acceptors (Lipinski definition) is 16. The van der Waals surface area contributed by atoms with E-state index in [1.165, 1.54) is 0 Å². The van der Waals surface area contributed by atoms with Crippen LogP contribution < -0.4 is 0 Å². The van der Waals surface area contributed by atoms with Crippen LogP contribution in [0, 0.1) is 0 Å². The Morgan fingerprint density at radius 1 is 0.500 bits per heavy atom. The number of hydrogen-bond donors (Lipinski definition) is 11. The van der Waals surface area contributed by atoms with E-state index >= 15 is 0 Å². The van der Waals surface area contributed by atoms with Crippen LogP contribution in [0.2, 0.25) is 0 Å². The van der Waals surface area contributed by atoms with Gasteiger partial charge < -0.3 is 79.9 Å². The van der Waals surface area contributed by atoms with Crippen molar-refractivity contribution in [2.24, 2.45) is 0 Å². The molecule has 200 valence electrons. The molecule has 3 rings (SSSR count). The molecule has 3 heterocycles. The second-order valence-electron chi connectivity index (χ2n) is 8.37. The summed E-state index contributed by atoms with van der Waals surface area (Å²) in [5, 5.41) is 109. The van der Waals surface area contributed by atoms with Gasteiger partial charge in [0.2, 0.25) is 0 Å². The van der Waals surface area contributed by atoms with Gasteiger partial charge in [-0.1, -0.05) is 0 Å². The van der Waals surface area contributed by atoms with Crippen molar-refractivity contribution in [1.82, 2.24) is 0 Å². The lowest BCUT2D eigenvalue weighted by Gasteiger charge is -2.45. The van der Waals surface area contributed by atoms with E-state index in [0.717, 1.165) is 0 Å². The lowest BCUT2D eigenvalue weighted by molar-refractivity contribution is -0.361. The Balaban J connectivity index is 1.65. The highest BCUT2D eigenvalue weighted by molar-refractivity contribution is 4.94. The van der Waals surface area contributed by atoms with Gasteiger partial charge in [0, 0.05) is 0 Å². The van der Waals surface area contributed by atoms with Crippen molar-refractivity contribution in [2.45, 2.75) is 92.1 Å². The third-order valence-corrected chi connectivity index (χ3v) is 6.07. The standard InChI is InChI=1S/C18H32O16/c19-1-4-7(21)10(24)12(26)17(32-4)30-3-6-9(23)15(14(28)16(29)31-6)34-18-13(27)11(25)8(22)5(2-20)33-18/h4-29H,1-3H2/t4?,5-,6?,7?,8?,9?,10?,11?,12?,13?,14?,15?,16?,17?,18?/m1/s1. The number of aliphatic hydroxyl groups is 11.